The molecule has 1 unspecified atom stereocenters. The van der Waals surface area contributed by atoms with Gasteiger partial charge in [0.1, 0.15) is 0 Å². The molecular formula is C13H20F3IN4O2S. The van der Waals surface area contributed by atoms with Gasteiger partial charge >= 0.3 is 12.1 Å². The number of guanidine groups is 1. The molecule has 138 valence electrons. The molecule has 1 heterocycles. The second-order valence-corrected chi connectivity index (χ2v) is 5.62. The highest BCUT2D eigenvalue weighted by molar-refractivity contribution is 14.0. The molecule has 0 aliphatic carbocycles. The fourth-order valence-corrected chi connectivity index (χ4v) is 2.40. The van der Waals surface area contributed by atoms with Gasteiger partial charge in [0.25, 0.3) is 0 Å². The number of nitrogens with one attached hydrogen (secondary N) is 2. The number of aromatic nitrogens is 1. The van der Waals surface area contributed by atoms with E-state index in [2.05, 4.69) is 25.3 Å². The number of carbonyl (C=O) groups is 1. The van der Waals surface area contributed by atoms with Gasteiger partial charge in [-0.05, 0) is 0 Å². The molecule has 2 N–H and O–H groups in total. The van der Waals surface area contributed by atoms with Crippen molar-refractivity contribution in [3.05, 3.63) is 16.1 Å². The summed E-state index contributed by atoms with van der Waals surface area (Å²) in [5.74, 6) is -0.226. The summed E-state index contributed by atoms with van der Waals surface area (Å²) in [5.41, 5.74) is -0.869. The molecule has 24 heavy (non-hydrogen) atoms. The van der Waals surface area contributed by atoms with E-state index in [-0.39, 0.29) is 35.9 Å². The number of carbonyl (C=O) groups excluding carboxylic acids is 1. The zero-order valence-corrected chi connectivity index (χ0v) is 16.6. The summed E-state index contributed by atoms with van der Waals surface area (Å²) >= 11 is 0.968. The fraction of sp³-hybridized carbons (Fsp3) is 0.615. The third-order valence-electron chi connectivity index (χ3n) is 2.88. The summed E-state index contributed by atoms with van der Waals surface area (Å²) in [6.45, 7) is 2.42. The standard InChI is InChI=1S/C13H19F3N4O2S.HI/c1-8(11(21)22-3)6-19-12(17-2)18-5-4-10-20-9(7-23-10)13(14,15)16;/h7-8H,4-6H2,1-3H3,(H2,17,18,19);1H. The topological polar surface area (TPSA) is 75.6 Å². The first-order valence-corrected chi connectivity index (χ1v) is 7.69. The highest BCUT2D eigenvalue weighted by atomic mass is 127. The van der Waals surface area contributed by atoms with E-state index in [0.29, 0.717) is 30.5 Å². The van der Waals surface area contributed by atoms with Crippen molar-refractivity contribution in [1.82, 2.24) is 15.6 Å². The van der Waals surface area contributed by atoms with Gasteiger partial charge in [0.15, 0.2) is 11.7 Å². The summed E-state index contributed by atoms with van der Waals surface area (Å²) in [5, 5.41) is 7.28. The molecule has 0 aromatic carbocycles. The first-order valence-electron chi connectivity index (χ1n) is 6.81. The van der Waals surface area contributed by atoms with Crippen molar-refractivity contribution in [2.75, 3.05) is 27.2 Å². The molecular weight excluding hydrogens is 460 g/mol. The van der Waals surface area contributed by atoms with Gasteiger partial charge in [0.05, 0.1) is 18.0 Å². The number of rotatable bonds is 6. The normalized spacial score (nSPS) is 13.0. The highest BCUT2D eigenvalue weighted by Crippen LogP contribution is 2.29. The first kappa shape index (κ1) is 22.9. The maximum atomic E-state index is 12.4. The molecule has 0 fully saturated rings. The van der Waals surface area contributed by atoms with Crippen molar-refractivity contribution in [2.45, 2.75) is 19.5 Å². The zero-order chi connectivity index (χ0) is 17.5. The summed E-state index contributed by atoms with van der Waals surface area (Å²) in [6.07, 6.45) is -4.07. The molecule has 1 atom stereocenters. The van der Waals surface area contributed by atoms with Gasteiger partial charge in [-0.3, -0.25) is 9.79 Å². The van der Waals surface area contributed by atoms with Gasteiger partial charge in [-0.1, -0.05) is 6.92 Å². The SMILES string of the molecule is CN=C(NCCc1nc(C(F)(F)F)cs1)NCC(C)C(=O)OC.I. The number of thiazole rings is 1. The Hall–Kier alpha value is -1.11. The number of nitrogens with zero attached hydrogens (tertiary/aromatic N) is 2. The third-order valence-corrected chi connectivity index (χ3v) is 3.78. The summed E-state index contributed by atoms with van der Waals surface area (Å²) in [6, 6.07) is 0. The maximum absolute atomic E-state index is 12.4. The van der Waals surface area contributed by atoms with Gasteiger partial charge in [0, 0.05) is 31.9 Å². The highest BCUT2D eigenvalue weighted by Gasteiger charge is 2.33. The monoisotopic (exact) mass is 480 g/mol. The van der Waals surface area contributed by atoms with Crippen LogP contribution in [-0.4, -0.2) is 44.2 Å². The van der Waals surface area contributed by atoms with Crippen LogP contribution >= 0.6 is 35.3 Å². The van der Waals surface area contributed by atoms with Crippen LogP contribution in [0.25, 0.3) is 0 Å². The average Bonchev–Trinajstić information content (AvgIpc) is 2.98. The number of alkyl halides is 3. The van der Waals surface area contributed by atoms with Crippen LogP contribution in [0.5, 0.6) is 0 Å². The smallest absolute Gasteiger partial charge is 0.434 e. The van der Waals surface area contributed by atoms with E-state index in [1.54, 1.807) is 14.0 Å². The number of aliphatic imine (C=N–C) groups is 1. The fourth-order valence-electron chi connectivity index (χ4n) is 1.60. The Kier molecular flexibility index (Phi) is 10.2. The largest absolute Gasteiger partial charge is 0.469 e. The number of methoxy groups -OCH3 is 1. The maximum Gasteiger partial charge on any atom is 0.434 e. The van der Waals surface area contributed by atoms with E-state index in [1.165, 1.54) is 7.11 Å². The summed E-state index contributed by atoms with van der Waals surface area (Å²) < 4.78 is 41.9. The van der Waals surface area contributed by atoms with Gasteiger partial charge in [-0.15, -0.1) is 35.3 Å². The summed E-state index contributed by atoms with van der Waals surface area (Å²) in [7, 11) is 2.87. The van der Waals surface area contributed by atoms with E-state index in [9.17, 15) is 18.0 Å². The Labute approximate surface area is 159 Å². The lowest BCUT2D eigenvalue weighted by Gasteiger charge is -2.14. The molecule has 0 aliphatic heterocycles. The number of hydrogen-bond donors (Lipinski definition) is 2. The average molecular weight is 480 g/mol. The van der Waals surface area contributed by atoms with E-state index in [1.807, 2.05) is 0 Å². The van der Waals surface area contributed by atoms with Crippen molar-refractivity contribution >= 4 is 47.2 Å². The third kappa shape index (κ3) is 7.64. The molecule has 0 aliphatic rings. The van der Waals surface area contributed by atoms with E-state index < -0.39 is 11.9 Å². The number of ether oxygens (including phenoxy) is 1. The van der Waals surface area contributed by atoms with Gasteiger partial charge < -0.3 is 15.4 Å². The van der Waals surface area contributed by atoms with Gasteiger partial charge in [-0.2, -0.15) is 13.2 Å². The zero-order valence-electron chi connectivity index (χ0n) is 13.4. The minimum absolute atomic E-state index is 0. The Bertz CT molecular complexity index is 552. The number of hydrogen-bond acceptors (Lipinski definition) is 5. The number of esters is 1. The van der Waals surface area contributed by atoms with Crippen molar-refractivity contribution < 1.29 is 22.7 Å². The molecule has 0 bridgehead atoms. The Morgan fingerprint density at radius 1 is 1.46 bits per heavy atom. The van der Waals surface area contributed by atoms with Crippen molar-refractivity contribution in [1.29, 1.82) is 0 Å². The van der Waals surface area contributed by atoms with Crippen LogP contribution in [-0.2, 0) is 22.1 Å². The molecule has 1 aromatic rings. The van der Waals surface area contributed by atoms with Gasteiger partial charge in [0.2, 0.25) is 0 Å². The van der Waals surface area contributed by atoms with E-state index in [4.69, 9.17) is 0 Å². The lowest BCUT2D eigenvalue weighted by molar-refractivity contribution is -0.144. The molecule has 11 heteroatoms. The minimum Gasteiger partial charge on any atom is -0.469 e. The molecule has 0 spiro atoms. The van der Waals surface area contributed by atoms with Gasteiger partial charge in [-0.25, -0.2) is 4.98 Å². The Morgan fingerprint density at radius 2 is 2.12 bits per heavy atom. The second-order valence-electron chi connectivity index (χ2n) is 4.68. The van der Waals surface area contributed by atoms with E-state index in [0.717, 1.165) is 16.7 Å². The van der Waals surface area contributed by atoms with Crippen LogP contribution in [0, 0.1) is 5.92 Å². The van der Waals surface area contributed by atoms with E-state index >= 15 is 0 Å². The first-order chi connectivity index (χ1) is 10.8. The van der Waals surface area contributed by atoms with Crippen molar-refractivity contribution in [3.8, 4) is 0 Å². The van der Waals surface area contributed by atoms with Crippen LogP contribution in [0.4, 0.5) is 13.2 Å². The molecule has 0 saturated heterocycles. The molecule has 1 aromatic heterocycles. The lowest BCUT2D eigenvalue weighted by Crippen LogP contribution is -2.41. The molecule has 0 radical (unpaired) electrons. The second kappa shape index (κ2) is 10.7. The lowest BCUT2D eigenvalue weighted by atomic mass is 10.2. The Morgan fingerprint density at radius 3 is 2.62 bits per heavy atom. The van der Waals surface area contributed by atoms with Crippen LogP contribution < -0.4 is 10.6 Å². The van der Waals surface area contributed by atoms with Crippen molar-refractivity contribution in [2.24, 2.45) is 10.9 Å². The molecule has 1 rings (SSSR count). The summed E-state index contributed by atoms with van der Waals surface area (Å²) in [4.78, 5) is 18.8. The van der Waals surface area contributed by atoms with Crippen LogP contribution in [0.3, 0.4) is 0 Å². The van der Waals surface area contributed by atoms with Crippen LogP contribution in [0.1, 0.15) is 17.6 Å². The quantitative estimate of drug-likeness (QED) is 0.283. The predicted octanol–water partition coefficient (Wildman–Crippen LogP) is 2.30. The Balaban J connectivity index is 0.00000529. The minimum atomic E-state index is -4.41. The van der Waals surface area contributed by atoms with Crippen LogP contribution in [0.2, 0.25) is 0 Å². The molecule has 0 saturated carbocycles. The van der Waals surface area contributed by atoms with Crippen molar-refractivity contribution in [3.63, 3.8) is 0 Å². The molecule has 6 nitrogen and oxygen atoms in total. The van der Waals surface area contributed by atoms with Crippen LogP contribution in [0.15, 0.2) is 10.4 Å². The number of halogens is 4. The predicted molar refractivity (Wildman–Crippen MR) is 96.8 cm³/mol. The molecule has 0 amide bonds.